The Bertz CT molecular complexity index is 709. The molecular weight excluding hydrogens is 308 g/mol. The van der Waals surface area contributed by atoms with Crippen LogP contribution in [0, 0.1) is 0 Å². The zero-order chi connectivity index (χ0) is 17.5. The maximum atomic E-state index is 12.2. The summed E-state index contributed by atoms with van der Waals surface area (Å²) in [5, 5.41) is 0. The number of methoxy groups -OCH3 is 1. The summed E-state index contributed by atoms with van der Waals surface area (Å²) < 4.78 is 15.8. The van der Waals surface area contributed by atoms with Crippen LogP contribution in [0.4, 0.5) is 0 Å². The first-order valence-corrected chi connectivity index (χ1v) is 7.70. The molecule has 24 heavy (non-hydrogen) atoms. The van der Waals surface area contributed by atoms with Crippen molar-refractivity contribution in [2.45, 2.75) is 26.4 Å². The third-order valence-corrected chi connectivity index (χ3v) is 3.43. The number of hydrogen-bond acceptors (Lipinski definition) is 5. The van der Waals surface area contributed by atoms with Crippen molar-refractivity contribution in [2.75, 3.05) is 7.11 Å². The maximum absolute atomic E-state index is 12.2. The number of hydrogen-bond donors (Lipinski definition) is 0. The minimum atomic E-state index is -0.526. The van der Waals surface area contributed by atoms with Crippen molar-refractivity contribution in [3.63, 3.8) is 0 Å². The normalized spacial score (nSPS) is 11.5. The number of carbonyl (C=O) groups is 2. The lowest BCUT2D eigenvalue weighted by molar-refractivity contribution is 0.0596. The van der Waals surface area contributed by atoms with E-state index >= 15 is 0 Å². The zero-order valence-electron chi connectivity index (χ0n) is 13.9. The molecule has 1 atom stereocenters. The summed E-state index contributed by atoms with van der Waals surface area (Å²) in [5.41, 5.74) is 0.680. The molecule has 0 amide bonds. The Morgan fingerprint density at radius 3 is 2.25 bits per heavy atom. The highest BCUT2D eigenvalue weighted by Crippen LogP contribution is 2.25. The third kappa shape index (κ3) is 4.59. The predicted molar refractivity (Wildman–Crippen MR) is 89.6 cm³/mol. The molecule has 0 spiro atoms. The SMILES string of the molecule is CCC(C)Oc1cc(OC(=O)c2ccccc2)cc(C(=O)OC)c1. The van der Waals surface area contributed by atoms with Crippen molar-refractivity contribution in [1.82, 2.24) is 0 Å². The van der Waals surface area contributed by atoms with E-state index in [4.69, 9.17) is 14.2 Å². The van der Waals surface area contributed by atoms with E-state index in [1.165, 1.54) is 13.2 Å². The summed E-state index contributed by atoms with van der Waals surface area (Å²) in [4.78, 5) is 24.0. The fraction of sp³-hybridized carbons (Fsp3) is 0.263. The van der Waals surface area contributed by atoms with E-state index in [0.717, 1.165) is 6.42 Å². The molecule has 0 N–H and O–H groups in total. The molecule has 0 aliphatic carbocycles. The lowest BCUT2D eigenvalue weighted by Gasteiger charge is -2.15. The van der Waals surface area contributed by atoms with Crippen molar-refractivity contribution in [3.8, 4) is 11.5 Å². The molecule has 0 aliphatic heterocycles. The largest absolute Gasteiger partial charge is 0.491 e. The van der Waals surface area contributed by atoms with Crippen LogP contribution in [0.5, 0.6) is 11.5 Å². The molecule has 0 bridgehead atoms. The van der Waals surface area contributed by atoms with E-state index in [2.05, 4.69) is 0 Å². The minimum Gasteiger partial charge on any atom is -0.491 e. The molecule has 2 aromatic rings. The Balaban J connectivity index is 2.28. The van der Waals surface area contributed by atoms with E-state index in [0.29, 0.717) is 11.3 Å². The first-order chi connectivity index (χ1) is 11.5. The van der Waals surface area contributed by atoms with Crippen LogP contribution in [0.1, 0.15) is 41.0 Å². The van der Waals surface area contributed by atoms with Crippen LogP contribution in [0.25, 0.3) is 0 Å². The van der Waals surface area contributed by atoms with Crippen LogP contribution < -0.4 is 9.47 Å². The van der Waals surface area contributed by atoms with E-state index in [9.17, 15) is 9.59 Å². The maximum Gasteiger partial charge on any atom is 0.343 e. The topological polar surface area (TPSA) is 61.8 Å². The van der Waals surface area contributed by atoms with Gasteiger partial charge >= 0.3 is 11.9 Å². The van der Waals surface area contributed by atoms with Gasteiger partial charge in [-0.2, -0.15) is 0 Å². The van der Waals surface area contributed by atoms with Crippen molar-refractivity contribution < 1.29 is 23.8 Å². The summed E-state index contributed by atoms with van der Waals surface area (Å²) >= 11 is 0. The molecule has 1 unspecified atom stereocenters. The van der Waals surface area contributed by atoms with Gasteiger partial charge in [-0.1, -0.05) is 25.1 Å². The van der Waals surface area contributed by atoms with Crippen molar-refractivity contribution in [2.24, 2.45) is 0 Å². The molecule has 0 saturated heterocycles. The van der Waals surface area contributed by atoms with Crippen molar-refractivity contribution in [3.05, 3.63) is 59.7 Å². The fourth-order valence-corrected chi connectivity index (χ4v) is 1.99. The molecule has 0 aromatic heterocycles. The highest BCUT2D eigenvalue weighted by atomic mass is 16.5. The molecule has 126 valence electrons. The highest BCUT2D eigenvalue weighted by Gasteiger charge is 2.15. The Morgan fingerprint density at radius 2 is 1.62 bits per heavy atom. The summed E-state index contributed by atoms with van der Waals surface area (Å²) in [6.07, 6.45) is 0.775. The highest BCUT2D eigenvalue weighted by molar-refractivity contribution is 5.93. The van der Waals surface area contributed by atoms with Crippen LogP contribution in [0.3, 0.4) is 0 Å². The fourth-order valence-electron chi connectivity index (χ4n) is 1.99. The van der Waals surface area contributed by atoms with Gasteiger partial charge in [-0.15, -0.1) is 0 Å². The van der Waals surface area contributed by atoms with Gasteiger partial charge in [0.25, 0.3) is 0 Å². The van der Waals surface area contributed by atoms with E-state index in [-0.39, 0.29) is 17.4 Å². The Hall–Kier alpha value is -2.82. The van der Waals surface area contributed by atoms with Gasteiger partial charge in [-0.3, -0.25) is 0 Å². The molecule has 2 rings (SSSR count). The number of rotatable bonds is 6. The number of ether oxygens (including phenoxy) is 3. The van der Waals surface area contributed by atoms with Crippen molar-refractivity contribution in [1.29, 1.82) is 0 Å². The average molecular weight is 328 g/mol. The van der Waals surface area contributed by atoms with Crippen LogP contribution >= 0.6 is 0 Å². The monoisotopic (exact) mass is 328 g/mol. The molecule has 0 aliphatic rings. The number of benzene rings is 2. The average Bonchev–Trinajstić information content (AvgIpc) is 2.61. The van der Waals surface area contributed by atoms with Crippen LogP contribution in [0.15, 0.2) is 48.5 Å². The Morgan fingerprint density at radius 1 is 0.958 bits per heavy atom. The molecule has 0 radical (unpaired) electrons. The van der Waals surface area contributed by atoms with E-state index in [1.807, 2.05) is 19.9 Å². The molecule has 0 heterocycles. The summed E-state index contributed by atoms with van der Waals surface area (Å²) in [6.45, 7) is 3.91. The second-order valence-electron chi connectivity index (χ2n) is 5.28. The third-order valence-electron chi connectivity index (χ3n) is 3.43. The molecule has 2 aromatic carbocycles. The number of esters is 2. The second-order valence-corrected chi connectivity index (χ2v) is 5.28. The molecule has 5 heteroatoms. The van der Waals surface area contributed by atoms with Gasteiger partial charge in [-0.25, -0.2) is 9.59 Å². The van der Waals surface area contributed by atoms with Gasteiger partial charge in [0.1, 0.15) is 11.5 Å². The lowest BCUT2D eigenvalue weighted by Crippen LogP contribution is -2.12. The zero-order valence-corrected chi connectivity index (χ0v) is 13.9. The van der Waals surface area contributed by atoms with E-state index < -0.39 is 11.9 Å². The van der Waals surface area contributed by atoms with Gasteiger partial charge in [0.05, 0.1) is 24.3 Å². The lowest BCUT2D eigenvalue weighted by atomic mass is 10.2. The molecule has 0 fully saturated rings. The Labute approximate surface area is 141 Å². The first-order valence-electron chi connectivity index (χ1n) is 7.70. The van der Waals surface area contributed by atoms with Crippen LogP contribution in [-0.4, -0.2) is 25.2 Å². The van der Waals surface area contributed by atoms with E-state index in [1.54, 1.807) is 36.4 Å². The van der Waals surface area contributed by atoms with Gasteiger partial charge < -0.3 is 14.2 Å². The summed E-state index contributed by atoms with van der Waals surface area (Å²) in [5.74, 6) is -0.359. The van der Waals surface area contributed by atoms with Gasteiger partial charge in [-0.05, 0) is 37.6 Å². The summed E-state index contributed by atoms with van der Waals surface area (Å²) in [7, 11) is 1.29. The smallest absolute Gasteiger partial charge is 0.343 e. The quantitative estimate of drug-likeness (QED) is 0.595. The van der Waals surface area contributed by atoms with Gasteiger partial charge in [0.2, 0.25) is 0 Å². The second kappa shape index (κ2) is 8.15. The van der Waals surface area contributed by atoms with Crippen molar-refractivity contribution >= 4 is 11.9 Å². The molecule has 0 saturated carbocycles. The minimum absolute atomic E-state index is 0.0319. The van der Waals surface area contributed by atoms with Gasteiger partial charge in [0.15, 0.2) is 0 Å². The predicted octanol–water partition coefficient (Wildman–Crippen LogP) is 3.87. The number of carbonyl (C=O) groups excluding carboxylic acids is 2. The summed E-state index contributed by atoms with van der Waals surface area (Å²) in [6, 6.07) is 13.2. The Kier molecular flexibility index (Phi) is 5.95. The standard InChI is InChI=1S/C19H20O5/c1-4-13(2)23-16-10-15(18(20)22-3)11-17(12-16)24-19(21)14-8-6-5-7-9-14/h5-13H,4H2,1-3H3. The molecular formula is C19H20O5. The van der Waals surface area contributed by atoms with Gasteiger partial charge in [0, 0.05) is 6.07 Å². The first kappa shape index (κ1) is 17.5. The molecule has 5 nitrogen and oxygen atoms in total. The van der Waals surface area contributed by atoms with Crippen LogP contribution in [-0.2, 0) is 4.74 Å². The van der Waals surface area contributed by atoms with Crippen LogP contribution in [0.2, 0.25) is 0 Å².